The van der Waals surface area contributed by atoms with E-state index >= 15 is 0 Å². The topological polar surface area (TPSA) is 92.8 Å². The van der Waals surface area contributed by atoms with Crippen molar-refractivity contribution in [1.82, 2.24) is 0 Å². The summed E-state index contributed by atoms with van der Waals surface area (Å²) in [5.74, 6) is -2.03. The summed E-state index contributed by atoms with van der Waals surface area (Å²) >= 11 is 0. The number of hydrogen-bond acceptors (Lipinski definition) is 5. The minimum absolute atomic E-state index is 0.0744. The van der Waals surface area contributed by atoms with Crippen LogP contribution in [0, 0.1) is 19.7 Å². The molecule has 0 spiro atoms. The Morgan fingerprint density at radius 2 is 1.65 bits per heavy atom. The van der Waals surface area contributed by atoms with Gasteiger partial charge in [-0.25, -0.2) is 17.6 Å². The summed E-state index contributed by atoms with van der Waals surface area (Å²) in [4.78, 5) is 25.0. The van der Waals surface area contributed by atoms with Crippen LogP contribution in [0.5, 0.6) is 0 Å². The molecule has 0 aromatic heterocycles. The number of anilines is 2. The number of sulfonamides is 1. The molecule has 3 aromatic rings. The lowest BCUT2D eigenvalue weighted by Gasteiger charge is -2.24. The van der Waals surface area contributed by atoms with Crippen LogP contribution >= 0.6 is 0 Å². The molecular formula is C25H25FN2O5S. The fourth-order valence-electron chi connectivity index (χ4n) is 3.31. The fourth-order valence-corrected chi connectivity index (χ4v) is 4.74. The van der Waals surface area contributed by atoms with E-state index in [1.807, 2.05) is 6.92 Å². The Kier molecular flexibility index (Phi) is 7.68. The van der Waals surface area contributed by atoms with Crippen molar-refractivity contribution in [2.45, 2.75) is 25.7 Å². The van der Waals surface area contributed by atoms with Crippen molar-refractivity contribution in [3.05, 3.63) is 89.2 Å². The van der Waals surface area contributed by atoms with E-state index in [1.54, 1.807) is 44.2 Å². The molecule has 0 radical (unpaired) electrons. The van der Waals surface area contributed by atoms with Gasteiger partial charge in [-0.15, -0.1) is 0 Å². The summed E-state index contributed by atoms with van der Waals surface area (Å²) in [5, 5.41) is 2.62. The van der Waals surface area contributed by atoms with Gasteiger partial charge in [0, 0.05) is 5.69 Å². The van der Waals surface area contributed by atoms with E-state index in [1.165, 1.54) is 30.3 Å². The third-order valence-corrected chi connectivity index (χ3v) is 6.89. The number of halogens is 1. The number of nitrogens with zero attached hydrogens (tertiary/aromatic N) is 1. The number of amides is 1. The molecule has 0 bridgehead atoms. The van der Waals surface area contributed by atoms with Crippen molar-refractivity contribution in [3.63, 3.8) is 0 Å². The Hall–Kier alpha value is -3.72. The van der Waals surface area contributed by atoms with Crippen LogP contribution in [-0.4, -0.2) is 33.4 Å². The predicted octanol–water partition coefficient (Wildman–Crippen LogP) is 4.45. The lowest BCUT2D eigenvalue weighted by atomic mass is 10.1. The molecule has 0 atom stereocenters. The quantitative estimate of drug-likeness (QED) is 0.477. The van der Waals surface area contributed by atoms with E-state index in [-0.39, 0.29) is 22.8 Å². The number of esters is 1. The van der Waals surface area contributed by atoms with Crippen molar-refractivity contribution >= 4 is 33.3 Å². The van der Waals surface area contributed by atoms with Gasteiger partial charge in [-0.05, 0) is 62.7 Å². The first-order valence-electron chi connectivity index (χ1n) is 10.6. The Morgan fingerprint density at radius 3 is 2.29 bits per heavy atom. The molecule has 3 rings (SSSR count). The first-order valence-corrected chi connectivity index (χ1v) is 12.0. The van der Waals surface area contributed by atoms with Crippen molar-refractivity contribution in [3.8, 4) is 0 Å². The van der Waals surface area contributed by atoms with Gasteiger partial charge < -0.3 is 10.1 Å². The second kappa shape index (κ2) is 10.5. The number of para-hydroxylation sites is 1. The fraction of sp³-hybridized carbons (Fsp3) is 0.200. The highest BCUT2D eigenvalue weighted by atomic mass is 32.2. The summed E-state index contributed by atoms with van der Waals surface area (Å²) in [6.45, 7) is 4.65. The molecule has 0 aliphatic heterocycles. The number of nitrogens with one attached hydrogen (secondary N) is 1. The number of rotatable bonds is 8. The van der Waals surface area contributed by atoms with Gasteiger partial charge in [-0.2, -0.15) is 0 Å². The highest BCUT2D eigenvalue weighted by Crippen LogP contribution is 2.27. The molecule has 0 aliphatic carbocycles. The van der Waals surface area contributed by atoms with E-state index in [0.29, 0.717) is 11.3 Å². The van der Waals surface area contributed by atoms with Crippen LogP contribution in [0.1, 0.15) is 28.4 Å². The zero-order valence-electron chi connectivity index (χ0n) is 19.0. The summed E-state index contributed by atoms with van der Waals surface area (Å²) < 4.78 is 47.1. The maximum Gasteiger partial charge on any atom is 0.338 e. The number of carbonyl (C=O) groups excluding carboxylic acids is 2. The number of ether oxygens (including phenoxy) is 1. The molecule has 0 saturated heterocycles. The van der Waals surface area contributed by atoms with Crippen molar-refractivity contribution in [2.75, 3.05) is 22.8 Å². The highest BCUT2D eigenvalue weighted by Gasteiger charge is 2.29. The van der Waals surface area contributed by atoms with Crippen LogP contribution in [0.25, 0.3) is 0 Å². The minimum atomic E-state index is -4.26. The predicted molar refractivity (Wildman–Crippen MR) is 128 cm³/mol. The van der Waals surface area contributed by atoms with Crippen molar-refractivity contribution in [2.24, 2.45) is 0 Å². The third-order valence-electron chi connectivity index (χ3n) is 5.12. The number of carbonyl (C=O) groups is 2. The molecule has 0 aliphatic rings. The molecule has 0 heterocycles. The van der Waals surface area contributed by atoms with Gasteiger partial charge in [0.25, 0.3) is 10.0 Å². The van der Waals surface area contributed by atoms with Crippen molar-refractivity contribution < 1.29 is 27.1 Å². The molecule has 0 unspecified atom stereocenters. The highest BCUT2D eigenvalue weighted by molar-refractivity contribution is 7.92. The lowest BCUT2D eigenvalue weighted by Crippen LogP contribution is -2.38. The summed E-state index contributed by atoms with van der Waals surface area (Å²) in [6, 6.07) is 16.1. The van der Waals surface area contributed by atoms with Crippen LogP contribution in [0.2, 0.25) is 0 Å². The molecule has 0 saturated carbocycles. The molecule has 9 heteroatoms. The second-order valence-electron chi connectivity index (χ2n) is 7.52. The normalized spacial score (nSPS) is 11.1. The molecular weight excluding hydrogens is 459 g/mol. The van der Waals surface area contributed by atoms with E-state index in [2.05, 4.69) is 5.32 Å². The Balaban J connectivity index is 1.95. The van der Waals surface area contributed by atoms with Gasteiger partial charge in [0.2, 0.25) is 5.91 Å². The number of hydrogen-bond donors (Lipinski definition) is 1. The SMILES string of the molecule is CCOC(=O)c1cccc(NC(=O)CN(c2ccccc2F)S(=O)(=O)c2ccc(C)cc2)c1C. The first kappa shape index (κ1) is 24.9. The van der Waals surface area contributed by atoms with Gasteiger partial charge in [0.15, 0.2) is 0 Å². The lowest BCUT2D eigenvalue weighted by molar-refractivity contribution is -0.114. The van der Waals surface area contributed by atoms with Crippen LogP contribution in [0.15, 0.2) is 71.6 Å². The average molecular weight is 485 g/mol. The Labute approximate surface area is 198 Å². The summed E-state index contributed by atoms with van der Waals surface area (Å²) in [6.07, 6.45) is 0. The molecule has 0 fully saturated rings. The molecule has 7 nitrogen and oxygen atoms in total. The Bertz CT molecular complexity index is 1310. The molecule has 1 amide bonds. The average Bonchev–Trinajstić information content (AvgIpc) is 2.80. The molecule has 1 N–H and O–H groups in total. The number of benzene rings is 3. The maximum absolute atomic E-state index is 14.6. The molecule has 34 heavy (non-hydrogen) atoms. The minimum Gasteiger partial charge on any atom is -0.462 e. The largest absolute Gasteiger partial charge is 0.462 e. The van der Waals surface area contributed by atoms with Gasteiger partial charge in [-0.3, -0.25) is 9.10 Å². The summed E-state index contributed by atoms with van der Waals surface area (Å²) in [5.41, 5.74) is 1.66. The second-order valence-corrected chi connectivity index (χ2v) is 9.39. The van der Waals surface area contributed by atoms with Gasteiger partial charge in [-0.1, -0.05) is 35.9 Å². The molecule has 3 aromatic carbocycles. The standard InChI is InChI=1S/C25H25FN2O5S/c1-4-33-25(30)20-8-7-10-22(18(20)3)27-24(29)16-28(23-11-6-5-9-21(23)26)34(31,32)19-14-12-17(2)13-15-19/h5-15H,4,16H2,1-3H3,(H,27,29). The van der Waals surface area contributed by atoms with E-state index < -0.39 is 34.3 Å². The van der Waals surface area contributed by atoms with E-state index in [0.717, 1.165) is 15.9 Å². The monoisotopic (exact) mass is 484 g/mol. The van der Waals surface area contributed by atoms with Gasteiger partial charge in [0.05, 0.1) is 22.8 Å². The smallest absolute Gasteiger partial charge is 0.338 e. The summed E-state index contributed by atoms with van der Waals surface area (Å²) in [7, 11) is -4.26. The zero-order chi connectivity index (χ0) is 24.9. The first-order chi connectivity index (χ1) is 16.1. The Morgan fingerprint density at radius 1 is 0.971 bits per heavy atom. The van der Waals surface area contributed by atoms with Crippen LogP contribution in [-0.2, 0) is 19.6 Å². The van der Waals surface area contributed by atoms with Gasteiger partial charge in [0.1, 0.15) is 12.4 Å². The van der Waals surface area contributed by atoms with E-state index in [9.17, 15) is 22.4 Å². The van der Waals surface area contributed by atoms with Crippen molar-refractivity contribution in [1.29, 1.82) is 0 Å². The zero-order valence-corrected chi connectivity index (χ0v) is 19.9. The number of aryl methyl sites for hydroxylation is 1. The third kappa shape index (κ3) is 5.43. The van der Waals surface area contributed by atoms with Crippen LogP contribution in [0.4, 0.5) is 15.8 Å². The van der Waals surface area contributed by atoms with Gasteiger partial charge >= 0.3 is 5.97 Å². The van der Waals surface area contributed by atoms with Crippen LogP contribution in [0.3, 0.4) is 0 Å². The molecule has 178 valence electrons. The van der Waals surface area contributed by atoms with E-state index in [4.69, 9.17) is 4.74 Å². The van der Waals surface area contributed by atoms with Crippen LogP contribution < -0.4 is 9.62 Å². The maximum atomic E-state index is 14.6.